The summed E-state index contributed by atoms with van der Waals surface area (Å²) in [4.78, 5) is 0. The molecule has 22 heavy (non-hydrogen) atoms. The molecule has 2 saturated heterocycles. The normalized spacial score (nSPS) is 24.5. The van der Waals surface area contributed by atoms with Gasteiger partial charge in [0, 0.05) is 0 Å². The highest BCUT2D eigenvalue weighted by atomic mass is 16.7. The van der Waals surface area contributed by atoms with Gasteiger partial charge in [0.25, 0.3) is 0 Å². The van der Waals surface area contributed by atoms with E-state index in [-0.39, 0.29) is 18.3 Å². The maximum Gasteiger partial charge on any atom is 0.494 e. The van der Waals surface area contributed by atoms with Crippen molar-refractivity contribution >= 4 is 12.6 Å². The monoisotopic (exact) mass is 303 g/mol. The molecular formula is C17H26BNO3. The molecule has 0 aromatic heterocycles. The summed E-state index contributed by atoms with van der Waals surface area (Å²) < 4.78 is 18.3. The standard InChI is InChI=1S/C17H26BNO3/c1-16(2)17(3,4)22-18(21-16)13-6-5-7-15(12-13)20-14-8-10-19-11-9-14/h5-7,12,14,19H,8-11H2,1-4H3. The molecule has 1 N–H and O–H groups in total. The third-order valence-corrected chi connectivity index (χ3v) is 4.97. The van der Waals surface area contributed by atoms with Crippen molar-refractivity contribution in [2.75, 3.05) is 13.1 Å². The lowest BCUT2D eigenvalue weighted by molar-refractivity contribution is 0.00578. The second-order valence-corrected chi connectivity index (χ2v) is 7.23. The van der Waals surface area contributed by atoms with Crippen LogP contribution in [0.4, 0.5) is 0 Å². The Kier molecular flexibility index (Phi) is 4.23. The quantitative estimate of drug-likeness (QED) is 0.868. The Hall–Kier alpha value is -1.04. The van der Waals surface area contributed by atoms with Gasteiger partial charge in [-0.15, -0.1) is 0 Å². The van der Waals surface area contributed by atoms with Gasteiger partial charge in [0.2, 0.25) is 0 Å². The van der Waals surface area contributed by atoms with E-state index >= 15 is 0 Å². The molecule has 3 rings (SSSR count). The minimum absolute atomic E-state index is 0.301. The molecule has 0 bridgehead atoms. The third kappa shape index (κ3) is 3.17. The Balaban J connectivity index is 1.72. The minimum atomic E-state index is -0.332. The first-order valence-electron chi connectivity index (χ1n) is 8.20. The molecule has 0 atom stereocenters. The molecule has 0 aliphatic carbocycles. The Morgan fingerprint density at radius 1 is 1.09 bits per heavy atom. The number of ether oxygens (including phenoxy) is 1. The lowest BCUT2D eigenvalue weighted by atomic mass is 9.79. The molecule has 2 heterocycles. The molecule has 1 aromatic carbocycles. The fourth-order valence-electron chi connectivity index (χ4n) is 2.82. The van der Waals surface area contributed by atoms with Crippen molar-refractivity contribution in [1.29, 1.82) is 0 Å². The first kappa shape index (κ1) is 15.8. The fraction of sp³-hybridized carbons (Fsp3) is 0.647. The molecule has 0 saturated carbocycles. The van der Waals surface area contributed by atoms with Crippen LogP contribution in [0.15, 0.2) is 24.3 Å². The zero-order valence-electron chi connectivity index (χ0n) is 14.0. The highest BCUT2D eigenvalue weighted by Crippen LogP contribution is 2.36. The molecule has 0 unspecified atom stereocenters. The van der Waals surface area contributed by atoms with Gasteiger partial charge in [-0.2, -0.15) is 0 Å². The number of hydrogen-bond donors (Lipinski definition) is 1. The van der Waals surface area contributed by atoms with Crippen LogP contribution in [-0.2, 0) is 9.31 Å². The molecule has 4 nitrogen and oxygen atoms in total. The van der Waals surface area contributed by atoms with Gasteiger partial charge in [0.05, 0.1) is 11.2 Å². The maximum atomic E-state index is 6.11. The molecule has 0 amide bonds. The summed E-state index contributed by atoms with van der Waals surface area (Å²) in [6.45, 7) is 10.3. The van der Waals surface area contributed by atoms with Crippen LogP contribution in [0.1, 0.15) is 40.5 Å². The second-order valence-electron chi connectivity index (χ2n) is 7.23. The zero-order chi connectivity index (χ0) is 15.8. The Labute approximate surface area is 133 Å². The van der Waals surface area contributed by atoms with Crippen LogP contribution in [0.2, 0.25) is 0 Å². The first-order valence-corrected chi connectivity index (χ1v) is 8.20. The van der Waals surface area contributed by atoms with Crippen molar-refractivity contribution in [2.45, 2.75) is 57.8 Å². The smallest absolute Gasteiger partial charge is 0.490 e. The predicted octanol–water partition coefficient (Wildman–Crippen LogP) is 2.12. The van der Waals surface area contributed by atoms with E-state index in [9.17, 15) is 0 Å². The first-order chi connectivity index (χ1) is 10.4. The third-order valence-electron chi connectivity index (χ3n) is 4.97. The molecule has 0 radical (unpaired) electrons. The van der Waals surface area contributed by atoms with Gasteiger partial charge in [0.1, 0.15) is 11.9 Å². The van der Waals surface area contributed by atoms with E-state index in [0.29, 0.717) is 6.10 Å². The lowest BCUT2D eigenvalue weighted by Gasteiger charge is -2.32. The van der Waals surface area contributed by atoms with Crippen LogP contribution >= 0.6 is 0 Å². The number of nitrogens with one attached hydrogen (secondary N) is 1. The molecular weight excluding hydrogens is 277 g/mol. The van der Waals surface area contributed by atoms with E-state index in [4.69, 9.17) is 14.0 Å². The van der Waals surface area contributed by atoms with Gasteiger partial charge in [-0.1, -0.05) is 12.1 Å². The van der Waals surface area contributed by atoms with E-state index in [1.165, 1.54) is 0 Å². The molecule has 2 fully saturated rings. The number of piperidine rings is 1. The van der Waals surface area contributed by atoms with Crippen LogP contribution in [0.25, 0.3) is 0 Å². The molecule has 2 aliphatic rings. The SMILES string of the molecule is CC1(C)OB(c2cccc(OC3CCNCC3)c2)OC1(C)C. The average molecular weight is 303 g/mol. The van der Waals surface area contributed by atoms with Crippen LogP contribution < -0.4 is 15.5 Å². The second kappa shape index (κ2) is 5.87. The topological polar surface area (TPSA) is 39.7 Å². The van der Waals surface area contributed by atoms with Crippen molar-refractivity contribution in [3.8, 4) is 5.75 Å². The summed E-state index contributed by atoms with van der Waals surface area (Å²) >= 11 is 0. The minimum Gasteiger partial charge on any atom is -0.490 e. The number of rotatable bonds is 3. The molecule has 1 aromatic rings. The van der Waals surface area contributed by atoms with Crippen molar-refractivity contribution in [2.24, 2.45) is 0 Å². The summed E-state index contributed by atoms with van der Waals surface area (Å²) in [6.07, 6.45) is 2.41. The van der Waals surface area contributed by atoms with Gasteiger partial charge < -0.3 is 19.4 Å². The highest BCUT2D eigenvalue weighted by molar-refractivity contribution is 6.62. The van der Waals surface area contributed by atoms with Crippen molar-refractivity contribution < 1.29 is 14.0 Å². The van der Waals surface area contributed by atoms with Crippen LogP contribution in [-0.4, -0.2) is 37.5 Å². The van der Waals surface area contributed by atoms with Crippen molar-refractivity contribution in [3.63, 3.8) is 0 Å². The number of hydrogen-bond acceptors (Lipinski definition) is 4. The highest BCUT2D eigenvalue weighted by Gasteiger charge is 2.51. The zero-order valence-corrected chi connectivity index (χ0v) is 14.0. The Morgan fingerprint density at radius 2 is 1.73 bits per heavy atom. The average Bonchev–Trinajstić information content (AvgIpc) is 2.69. The van der Waals surface area contributed by atoms with Crippen molar-refractivity contribution in [1.82, 2.24) is 5.32 Å². The predicted molar refractivity (Wildman–Crippen MR) is 88.7 cm³/mol. The largest absolute Gasteiger partial charge is 0.494 e. The van der Waals surface area contributed by atoms with Gasteiger partial charge in [-0.3, -0.25) is 0 Å². The lowest BCUT2D eigenvalue weighted by Crippen LogP contribution is -2.41. The van der Waals surface area contributed by atoms with Gasteiger partial charge in [-0.25, -0.2) is 0 Å². The summed E-state index contributed by atoms with van der Waals surface area (Å²) in [5, 5.41) is 3.35. The fourth-order valence-corrected chi connectivity index (χ4v) is 2.82. The van der Waals surface area contributed by atoms with Gasteiger partial charge in [0.15, 0.2) is 0 Å². The van der Waals surface area contributed by atoms with Crippen LogP contribution in [0.3, 0.4) is 0 Å². The van der Waals surface area contributed by atoms with E-state index in [1.807, 2.05) is 24.3 Å². The molecule has 120 valence electrons. The molecule has 5 heteroatoms. The maximum absolute atomic E-state index is 6.11. The summed E-state index contributed by atoms with van der Waals surface area (Å²) in [7, 11) is -0.332. The van der Waals surface area contributed by atoms with Gasteiger partial charge >= 0.3 is 7.12 Å². The van der Waals surface area contributed by atoms with Crippen molar-refractivity contribution in [3.05, 3.63) is 24.3 Å². The van der Waals surface area contributed by atoms with Crippen LogP contribution in [0, 0.1) is 0 Å². The van der Waals surface area contributed by atoms with Crippen LogP contribution in [0.5, 0.6) is 5.75 Å². The van der Waals surface area contributed by atoms with E-state index in [1.54, 1.807) is 0 Å². The summed E-state index contributed by atoms with van der Waals surface area (Å²) in [6, 6.07) is 8.11. The molecule has 0 spiro atoms. The van der Waals surface area contributed by atoms with E-state index < -0.39 is 0 Å². The Morgan fingerprint density at radius 3 is 2.36 bits per heavy atom. The summed E-state index contributed by atoms with van der Waals surface area (Å²) in [5.41, 5.74) is 0.387. The number of benzene rings is 1. The Bertz CT molecular complexity index is 510. The molecule has 2 aliphatic heterocycles. The van der Waals surface area contributed by atoms with E-state index in [2.05, 4.69) is 33.0 Å². The van der Waals surface area contributed by atoms with E-state index in [0.717, 1.165) is 37.1 Å². The van der Waals surface area contributed by atoms with Gasteiger partial charge in [-0.05, 0) is 71.2 Å². The summed E-state index contributed by atoms with van der Waals surface area (Å²) in [5.74, 6) is 0.902.